The normalized spacial score (nSPS) is 9.56. The second-order valence-electron chi connectivity index (χ2n) is 2.98. The van der Waals surface area contributed by atoms with Crippen LogP contribution in [0.15, 0.2) is 22.7 Å². The van der Waals surface area contributed by atoms with Gasteiger partial charge in [0.2, 0.25) is 5.91 Å². The van der Waals surface area contributed by atoms with Crippen LogP contribution in [0.2, 0.25) is 0 Å². The van der Waals surface area contributed by atoms with Crippen LogP contribution < -0.4 is 10.6 Å². The fraction of sp³-hybridized carbons (Fsp3) is 0.182. The summed E-state index contributed by atoms with van der Waals surface area (Å²) < 4.78 is 13.5. The van der Waals surface area contributed by atoms with Crippen molar-refractivity contribution in [1.82, 2.24) is 5.32 Å². The van der Waals surface area contributed by atoms with Crippen molar-refractivity contribution in [3.05, 3.63) is 28.5 Å². The standard InChI is InChI=1S/C11H10BrFN2O/c1-2-5-14-7-11(16)15-10-6-8(13)3-4-9(10)12/h1,3-4,6,14H,5,7H2,(H,15,16). The largest absolute Gasteiger partial charge is 0.324 e. The van der Waals surface area contributed by atoms with Crippen LogP contribution in [0.5, 0.6) is 0 Å². The second kappa shape index (κ2) is 6.26. The van der Waals surface area contributed by atoms with Gasteiger partial charge in [0.1, 0.15) is 5.82 Å². The lowest BCUT2D eigenvalue weighted by atomic mass is 10.3. The molecule has 0 aliphatic heterocycles. The van der Waals surface area contributed by atoms with E-state index in [0.29, 0.717) is 16.7 Å². The minimum atomic E-state index is -0.407. The number of nitrogens with one attached hydrogen (secondary N) is 2. The summed E-state index contributed by atoms with van der Waals surface area (Å²) in [6, 6.07) is 4.07. The topological polar surface area (TPSA) is 41.1 Å². The fourth-order valence-corrected chi connectivity index (χ4v) is 1.38. The van der Waals surface area contributed by atoms with Crippen molar-refractivity contribution in [1.29, 1.82) is 0 Å². The minimum Gasteiger partial charge on any atom is -0.324 e. The van der Waals surface area contributed by atoms with Crippen LogP contribution in [0.3, 0.4) is 0 Å². The Balaban J connectivity index is 2.56. The van der Waals surface area contributed by atoms with Crippen LogP contribution in [-0.4, -0.2) is 19.0 Å². The second-order valence-corrected chi connectivity index (χ2v) is 3.83. The zero-order valence-corrected chi connectivity index (χ0v) is 9.97. The molecule has 0 bridgehead atoms. The summed E-state index contributed by atoms with van der Waals surface area (Å²) >= 11 is 3.21. The maximum absolute atomic E-state index is 12.9. The quantitative estimate of drug-likeness (QED) is 0.653. The summed E-state index contributed by atoms with van der Waals surface area (Å²) in [7, 11) is 0. The molecule has 0 spiro atoms. The third-order valence-corrected chi connectivity index (χ3v) is 2.41. The number of carbonyl (C=O) groups is 1. The van der Waals surface area contributed by atoms with Gasteiger partial charge in [-0.25, -0.2) is 4.39 Å². The summed E-state index contributed by atoms with van der Waals surface area (Å²) in [6.45, 7) is 0.408. The van der Waals surface area contributed by atoms with Gasteiger partial charge in [0.05, 0.1) is 18.8 Å². The highest BCUT2D eigenvalue weighted by Gasteiger charge is 2.05. The molecular formula is C11H10BrFN2O. The van der Waals surface area contributed by atoms with Crippen LogP contribution >= 0.6 is 15.9 Å². The Bertz CT molecular complexity index is 428. The van der Waals surface area contributed by atoms with E-state index in [4.69, 9.17) is 6.42 Å². The molecule has 2 N–H and O–H groups in total. The van der Waals surface area contributed by atoms with E-state index in [1.54, 1.807) is 0 Å². The lowest BCUT2D eigenvalue weighted by molar-refractivity contribution is -0.115. The van der Waals surface area contributed by atoms with Crippen molar-refractivity contribution < 1.29 is 9.18 Å². The molecule has 84 valence electrons. The van der Waals surface area contributed by atoms with Gasteiger partial charge in [0.15, 0.2) is 0 Å². The van der Waals surface area contributed by atoms with Gasteiger partial charge >= 0.3 is 0 Å². The van der Waals surface area contributed by atoms with Crippen molar-refractivity contribution in [3.8, 4) is 12.3 Å². The molecular weight excluding hydrogens is 275 g/mol. The first-order chi connectivity index (χ1) is 7.63. The molecule has 1 aromatic carbocycles. The van der Waals surface area contributed by atoms with Gasteiger partial charge in [-0.15, -0.1) is 6.42 Å². The molecule has 16 heavy (non-hydrogen) atoms. The van der Waals surface area contributed by atoms with E-state index in [-0.39, 0.29) is 12.5 Å². The molecule has 0 saturated heterocycles. The summed E-state index contributed by atoms with van der Waals surface area (Å²) in [4.78, 5) is 11.4. The molecule has 5 heteroatoms. The number of rotatable bonds is 4. The summed E-state index contributed by atoms with van der Waals surface area (Å²) in [6.07, 6.45) is 5.01. The van der Waals surface area contributed by atoms with E-state index in [0.717, 1.165) is 0 Å². The highest BCUT2D eigenvalue weighted by atomic mass is 79.9. The zero-order chi connectivity index (χ0) is 12.0. The number of hydrogen-bond acceptors (Lipinski definition) is 2. The van der Waals surface area contributed by atoms with Gasteiger partial charge in [0, 0.05) is 4.47 Å². The molecule has 0 fully saturated rings. The number of halogens is 2. The van der Waals surface area contributed by atoms with Crippen molar-refractivity contribution >= 4 is 27.5 Å². The monoisotopic (exact) mass is 284 g/mol. The number of benzene rings is 1. The van der Waals surface area contributed by atoms with Gasteiger partial charge in [0.25, 0.3) is 0 Å². The lowest BCUT2D eigenvalue weighted by Gasteiger charge is -2.07. The summed E-state index contributed by atoms with van der Waals surface area (Å²) in [5, 5.41) is 5.28. The molecule has 1 aromatic rings. The van der Waals surface area contributed by atoms with Crippen LogP contribution in [0.1, 0.15) is 0 Å². The van der Waals surface area contributed by atoms with Crippen molar-refractivity contribution in [3.63, 3.8) is 0 Å². The number of terminal acetylenes is 1. The predicted molar refractivity (Wildman–Crippen MR) is 64.4 cm³/mol. The van der Waals surface area contributed by atoms with Gasteiger partial charge in [-0.1, -0.05) is 5.92 Å². The average molecular weight is 285 g/mol. The molecule has 0 unspecified atom stereocenters. The highest BCUT2D eigenvalue weighted by Crippen LogP contribution is 2.22. The summed E-state index contributed by atoms with van der Waals surface area (Å²) in [5.74, 6) is 1.66. The first-order valence-electron chi connectivity index (χ1n) is 4.52. The minimum absolute atomic E-state index is 0.0904. The number of hydrogen-bond donors (Lipinski definition) is 2. The molecule has 1 amide bonds. The lowest BCUT2D eigenvalue weighted by Crippen LogP contribution is -2.28. The Labute approximate surface area is 102 Å². The molecule has 0 atom stereocenters. The molecule has 1 rings (SSSR count). The van der Waals surface area contributed by atoms with Crippen LogP contribution in [0.4, 0.5) is 10.1 Å². The van der Waals surface area contributed by atoms with Crippen molar-refractivity contribution in [2.24, 2.45) is 0 Å². The SMILES string of the molecule is C#CCNCC(=O)Nc1cc(F)ccc1Br. The first kappa shape index (κ1) is 12.7. The molecule has 0 heterocycles. The zero-order valence-electron chi connectivity index (χ0n) is 8.39. The number of anilines is 1. The third-order valence-electron chi connectivity index (χ3n) is 1.72. The van der Waals surface area contributed by atoms with E-state index >= 15 is 0 Å². The van der Waals surface area contributed by atoms with E-state index in [1.807, 2.05) is 0 Å². The van der Waals surface area contributed by atoms with Gasteiger partial charge in [-0.3, -0.25) is 10.1 Å². The average Bonchev–Trinajstić information content (AvgIpc) is 2.24. The van der Waals surface area contributed by atoms with Gasteiger partial charge in [-0.2, -0.15) is 0 Å². The number of carbonyl (C=O) groups excluding carboxylic acids is 1. The molecule has 0 aliphatic rings. The maximum Gasteiger partial charge on any atom is 0.238 e. The van der Waals surface area contributed by atoms with Gasteiger partial charge in [-0.05, 0) is 34.1 Å². The smallest absolute Gasteiger partial charge is 0.238 e. The van der Waals surface area contributed by atoms with Crippen LogP contribution in [0.25, 0.3) is 0 Å². The first-order valence-corrected chi connectivity index (χ1v) is 5.32. The molecule has 0 aliphatic carbocycles. The Hall–Kier alpha value is -1.38. The predicted octanol–water partition coefficient (Wildman–Crippen LogP) is 1.75. The van der Waals surface area contributed by atoms with E-state index in [2.05, 4.69) is 32.5 Å². The molecule has 0 radical (unpaired) electrons. The molecule has 3 nitrogen and oxygen atoms in total. The Morgan fingerprint density at radius 1 is 1.56 bits per heavy atom. The number of amides is 1. The van der Waals surface area contributed by atoms with E-state index < -0.39 is 5.82 Å². The maximum atomic E-state index is 12.9. The van der Waals surface area contributed by atoms with Crippen LogP contribution in [-0.2, 0) is 4.79 Å². The van der Waals surface area contributed by atoms with Crippen LogP contribution in [0, 0.1) is 18.2 Å². The van der Waals surface area contributed by atoms with E-state index in [9.17, 15) is 9.18 Å². The molecule has 0 aromatic heterocycles. The Morgan fingerprint density at radius 2 is 2.31 bits per heavy atom. The van der Waals surface area contributed by atoms with Crippen molar-refractivity contribution in [2.45, 2.75) is 0 Å². The Morgan fingerprint density at radius 3 is 3.00 bits per heavy atom. The third kappa shape index (κ3) is 4.01. The van der Waals surface area contributed by atoms with Gasteiger partial charge < -0.3 is 5.32 Å². The summed E-state index contributed by atoms with van der Waals surface area (Å²) in [5.41, 5.74) is 0.396. The molecule has 0 saturated carbocycles. The van der Waals surface area contributed by atoms with Crippen molar-refractivity contribution in [2.75, 3.05) is 18.4 Å². The Kier molecular flexibility index (Phi) is 4.96. The highest BCUT2D eigenvalue weighted by molar-refractivity contribution is 9.10. The van der Waals surface area contributed by atoms with E-state index in [1.165, 1.54) is 18.2 Å². The fourth-order valence-electron chi connectivity index (χ4n) is 1.04.